The zero-order chi connectivity index (χ0) is 13.5. The van der Waals surface area contributed by atoms with Crippen LogP contribution in [-0.4, -0.2) is 37.9 Å². The molecule has 7 heteroatoms. The van der Waals surface area contributed by atoms with Gasteiger partial charge in [-0.05, 0) is 13.8 Å². The van der Waals surface area contributed by atoms with Crippen LogP contribution < -0.4 is 16.0 Å². The van der Waals surface area contributed by atoms with Crippen molar-refractivity contribution in [1.82, 2.24) is 16.0 Å². The lowest BCUT2D eigenvalue weighted by Gasteiger charge is -2.22. The quantitative estimate of drug-likeness (QED) is 0.411. The standard InChI is InChI=1S/C10H16N4O3/c1-10(2,9(17)12-3)6-14-8(16)7(15)13-5-4-11/h5-6H2,1-3H3,(H,12,17)(H,13,15)(H,14,16). The summed E-state index contributed by atoms with van der Waals surface area (Å²) in [4.78, 5) is 33.7. The first kappa shape index (κ1) is 14.9. The number of hydrogen-bond acceptors (Lipinski definition) is 4. The third kappa shape index (κ3) is 4.97. The van der Waals surface area contributed by atoms with Crippen molar-refractivity contribution >= 4 is 17.7 Å². The molecule has 0 aromatic carbocycles. The van der Waals surface area contributed by atoms with E-state index >= 15 is 0 Å². The Balaban J connectivity index is 4.21. The highest BCUT2D eigenvalue weighted by Crippen LogP contribution is 2.12. The SMILES string of the molecule is CNC(=O)C(C)(C)CNC(=O)C(=O)NCC#N. The number of nitriles is 1. The monoisotopic (exact) mass is 240 g/mol. The smallest absolute Gasteiger partial charge is 0.310 e. The molecule has 17 heavy (non-hydrogen) atoms. The van der Waals surface area contributed by atoms with Crippen molar-refractivity contribution in [2.45, 2.75) is 13.8 Å². The summed E-state index contributed by atoms with van der Waals surface area (Å²) in [5.74, 6) is -1.99. The molecule has 94 valence electrons. The van der Waals surface area contributed by atoms with E-state index in [-0.39, 0.29) is 19.0 Å². The van der Waals surface area contributed by atoms with Crippen LogP contribution in [0.25, 0.3) is 0 Å². The van der Waals surface area contributed by atoms with Crippen LogP contribution in [-0.2, 0) is 14.4 Å². The maximum absolute atomic E-state index is 11.4. The summed E-state index contributed by atoms with van der Waals surface area (Å²) in [6, 6.07) is 1.68. The van der Waals surface area contributed by atoms with Gasteiger partial charge in [-0.1, -0.05) is 0 Å². The minimum atomic E-state index is -0.890. The van der Waals surface area contributed by atoms with Gasteiger partial charge in [0.05, 0.1) is 11.5 Å². The zero-order valence-electron chi connectivity index (χ0n) is 10.1. The second kappa shape index (κ2) is 6.48. The lowest BCUT2D eigenvalue weighted by Crippen LogP contribution is -2.47. The molecule has 0 saturated heterocycles. The average molecular weight is 240 g/mol. The van der Waals surface area contributed by atoms with Crippen molar-refractivity contribution in [3.63, 3.8) is 0 Å². The lowest BCUT2D eigenvalue weighted by molar-refractivity contribution is -0.139. The second-order valence-corrected chi connectivity index (χ2v) is 3.99. The van der Waals surface area contributed by atoms with Crippen molar-refractivity contribution in [3.05, 3.63) is 0 Å². The highest BCUT2D eigenvalue weighted by Gasteiger charge is 2.28. The van der Waals surface area contributed by atoms with Gasteiger partial charge >= 0.3 is 11.8 Å². The minimum absolute atomic E-state index is 0.0332. The van der Waals surface area contributed by atoms with E-state index in [0.717, 1.165) is 0 Å². The van der Waals surface area contributed by atoms with Gasteiger partial charge < -0.3 is 16.0 Å². The predicted octanol–water partition coefficient (Wildman–Crippen LogP) is -1.49. The second-order valence-electron chi connectivity index (χ2n) is 3.99. The molecule has 0 atom stereocenters. The number of carbonyl (C=O) groups is 3. The fraction of sp³-hybridized carbons (Fsp3) is 0.600. The fourth-order valence-corrected chi connectivity index (χ4v) is 1.00. The number of rotatable bonds is 4. The van der Waals surface area contributed by atoms with E-state index in [4.69, 9.17) is 5.26 Å². The maximum atomic E-state index is 11.4. The lowest BCUT2D eigenvalue weighted by atomic mass is 9.92. The van der Waals surface area contributed by atoms with Gasteiger partial charge in [-0.3, -0.25) is 14.4 Å². The van der Waals surface area contributed by atoms with E-state index in [1.165, 1.54) is 7.05 Å². The van der Waals surface area contributed by atoms with E-state index in [9.17, 15) is 14.4 Å². The Morgan fingerprint density at radius 3 is 2.18 bits per heavy atom. The van der Waals surface area contributed by atoms with E-state index < -0.39 is 17.2 Å². The summed E-state index contributed by atoms with van der Waals surface area (Å²) in [6.45, 7) is 3.08. The molecule has 0 radical (unpaired) electrons. The Bertz CT molecular complexity index is 357. The molecule has 0 fully saturated rings. The van der Waals surface area contributed by atoms with Crippen LogP contribution >= 0.6 is 0 Å². The Kier molecular flexibility index (Phi) is 5.68. The molecule has 0 rings (SSSR count). The first-order valence-electron chi connectivity index (χ1n) is 5.00. The number of amides is 3. The molecule has 0 aromatic rings. The van der Waals surface area contributed by atoms with Crippen molar-refractivity contribution < 1.29 is 14.4 Å². The summed E-state index contributed by atoms with van der Waals surface area (Å²) in [6.07, 6.45) is 0. The van der Waals surface area contributed by atoms with Crippen LogP contribution in [0, 0.1) is 16.7 Å². The maximum Gasteiger partial charge on any atom is 0.310 e. The van der Waals surface area contributed by atoms with Gasteiger partial charge in [0, 0.05) is 13.6 Å². The number of hydrogen-bond donors (Lipinski definition) is 3. The van der Waals surface area contributed by atoms with Crippen molar-refractivity contribution in [2.75, 3.05) is 20.1 Å². The molecule has 0 bridgehead atoms. The van der Waals surface area contributed by atoms with E-state index in [1.807, 2.05) is 0 Å². The summed E-state index contributed by atoms with van der Waals surface area (Å²) in [5.41, 5.74) is -0.806. The summed E-state index contributed by atoms with van der Waals surface area (Å²) in [5, 5.41) is 15.1. The van der Waals surface area contributed by atoms with E-state index in [0.29, 0.717) is 0 Å². The Labute approximate surface area is 99.6 Å². The third-order valence-corrected chi connectivity index (χ3v) is 2.07. The van der Waals surface area contributed by atoms with Gasteiger partial charge in [0.25, 0.3) is 0 Å². The van der Waals surface area contributed by atoms with Gasteiger partial charge in [-0.15, -0.1) is 0 Å². The molecule has 0 aliphatic carbocycles. The van der Waals surface area contributed by atoms with Gasteiger partial charge in [0.1, 0.15) is 6.54 Å². The molecular formula is C10H16N4O3. The summed E-state index contributed by atoms with van der Waals surface area (Å²) >= 11 is 0. The third-order valence-electron chi connectivity index (χ3n) is 2.07. The highest BCUT2D eigenvalue weighted by molar-refractivity contribution is 6.35. The van der Waals surface area contributed by atoms with Gasteiger partial charge in [-0.25, -0.2) is 0 Å². The average Bonchev–Trinajstić information content (AvgIpc) is 2.31. The topological polar surface area (TPSA) is 111 Å². The van der Waals surface area contributed by atoms with E-state index in [2.05, 4.69) is 16.0 Å². The van der Waals surface area contributed by atoms with Crippen LogP contribution in [0.1, 0.15) is 13.8 Å². The highest BCUT2D eigenvalue weighted by atomic mass is 16.2. The van der Waals surface area contributed by atoms with Gasteiger partial charge in [-0.2, -0.15) is 5.26 Å². The number of carbonyl (C=O) groups excluding carboxylic acids is 3. The predicted molar refractivity (Wildman–Crippen MR) is 59.5 cm³/mol. The molecule has 0 spiro atoms. The molecule has 0 heterocycles. The van der Waals surface area contributed by atoms with Crippen molar-refractivity contribution in [1.29, 1.82) is 5.26 Å². The molecule has 7 nitrogen and oxygen atoms in total. The summed E-state index contributed by atoms with van der Waals surface area (Å²) in [7, 11) is 1.49. The number of nitrogens with zero attached hydrogens (tertiary/aromatic N) is 1. The Morgan fingerprint density at radius 2 is 1.71 bits per heavy atom. The van der Waals surface area contributed by atoms with Crippen LogP contribution in [0.4, 0.5) is 0 Å². The van der Waals surface area contributed by atoms with E-state index in [1.54, 1.807) is 19.9 Å². The summed E-state index contributed by atoms with van der Waals surface area (Å²) < 4.78 is 0. The van der Waals surface area contributed by atoms with Gasteiger partial charge in [0.2, 0.25) is 5.91 Å². The Morgan fingerprint density at radius 1 is 1.18 bits per heavy atom. The van der Waals surface area contributed by atoms with Crippen LogP contribution in [0.3, 0.4) is 0 Å². The molecule has 0 saturated carbocycles. The largest absolute Gasteiger partial charge is 0.359 e. The minimum Gasteiger partial charge on any atom is -0.359 e. The molecular weight excluding hydrogens is 224 g/mol. The molecule has 0 aromatic heterocycles. The zero-order valence-corrected chi connectivity index (χ0v) is 10.1. The molecule has 0 unspecified atom stereocenters. The van der Waals surface area contributed by atoms with Crippen molar-refractivity contribution in [3.8, 4) is 6.07 Å². The molecule has 3 amide bonds. The normalized spacial score (nSPS) is 10.0. The van der Waals surface area contributed by atoms with Gasteiger partial charge in [0.15, 0.2) is 0 Å². The first-order valence-corrected chi connectivity index (χ1v) is 5.00. The molecule has 0 aliphatic rings. The fourth-order valence-electron chi connectivity index (χ4n) is 1.00. The molecule has 3 N–H and O–H groups in total. The first-order chi connectivity index (χ1) is 7.85. The van der Waals surface area contributed by atoms with Crippen molar-refractivity contribution in [2.24, 2.45) is 5.41 Å². The van der Waals surface area contributed by atoms with Crippen LogP contribution in [0.2, 0.25) is 0 Å². The van der Waals surface area contributed by atoms with Crippen LogP contribution in [0.5, 0.6) is 0 Å². The van der Waals surface area contributed by atoms with Crippen LogP contribution in [0.15, 0.2) is 0 Å². The molecule has 0 aliphatic heterocycles. The Hall–Kier alpha value is -2.10. The number of nitrogens with one attached hydrogen (secondary N) is 3.